The zero-order valence-electron chi connectivity index (χ0n) is 59.2. The van der Waals surface area contributed by atoms with E-state index >= 15 is 0 Å². The van der Waals surface area contributed by atoms with Crippen LogP contribution in [0.2, 0.25) is 0 Å². The summed E-state index contributed by atoms with van der Waals surface area (Å²) in [6.07, 6.45) is 78.0. The average molecular weight is 1280 g/mol. The van der Waals surface area contributed by atoms with Crippen molar-refractivity contribution in [1.82, 2.24) is 5.32 Å². The van der Waals surface area contributed by atoms with Gasteiger partial charge in [-0.05, 0) is 96.3 Å². The Kier molecular flexibility index (Phi) is 63.5. The van der Waals surface area contributed by atoms with Crippen molar-refractivity contribution in [2.45, 2.75) is 410 Å². The minimum atomic E-state index is -1.62. The van der Waals surface area contributed by atoms with E-state index in [0.717, 1.165) is 77.0 Å². The van der Waals surface area contributed by atoms with Gasteiger partial charge in [-0.1, -0.05) is 331 Å². The summed E-state index contributed by atoms with van der Waals surface area (Å²) in [5.41, 5.74) is 0. The van der Waals surface area contributed by atoms with E-state index < -0.39 is 67.4 Å². The SMILES string of the molecule is CCCCC/C=C\C/C=C\C/C=C\CCCCCCCCCCCCCCCC(O)C(=O)NC(COC1OC(CO)C(O)C(O)C1OC(=O)CCCCCCCCCCCCCCC/C=C\C/C=C\CCCCC)C(O)/C=C/CCCCCCCCCCCCC. The van der Waals surface area contributed by atoms with Crippen molar-refractivity contribution in [2.75, 3.05) is 13.2 Å². The topological polar surface area (TPSA) is 175 Å². The smallest absolute Gasteiger partial charge is 0.306 e. The number of aliphatic hydroxyl groups is 5. The van der Waals surface area contributed by atoms with E-state index in [1.807, 2.05) is 6.08 Å². The molecule has 0 bridgehead atoms. The number of unbranched alkanes of at least 4 members (excludes halogenated alkanes) is 43. The van der Waals surface area contributed by atoms with Crippen LogP contribution in [0.25, 0.3) is 0 Å². The quantitative estimate of drug-likeness (QED) is 0.0195. The van der Waals surface area contributed by atoms with Crippen LogP contribution in [0.1, 0.15) is 361 Å². The molecule has 530 valence electrons. The van der Waals surface area contributed by atoms with Gasteiger partial charge < -0.3 is 45.1 Å². The van der Waals surface area contributed by atoms with Crippen LogP contribution < -0.4 is 5.32 Å². The number of hydrogen-bond donors (Lipinski definition) is 6. The van der Waals surface area contributed by atoms with Gasteiger partial charge in [-0.2, -0.15) is 0 Å². The standard InChI is InChI=1S/C80H145NO10/c1-4-7-10-13-16-19-22-25-27-29-31-33-35-36-37-39-40-42-44-46-49-52-55-58-61-64-67-73(84)79(88)81-71(72(83)66-63-60-57-54-51-48-24-21-18-15-12-9-6-3)70-89-80-78(77(87)76(86)74(69-82)90-80)91-75(85)68-65-62-59-56-53-50-47-45-43-41-38-34-32-30-28-26-23-20-17-14-11-8-5-2/h16-17,19-20,25-28,31,33,63,66,71-74,76-78,80,82-84,86-87H,4-15,18,21-24,29-30,32,34-62,64-65,67-70H2,1-3H3,(H,81,88)/b19-16-,20-17-,27-25-,28-26-,33-31-,66-63+. The first-order valence-electron chi connectivity index (χ1n) is 38.7. The second kappa shape index (κ2) is 67.1. The van der Waals surface area contributed by atoms with Crippen molar-refractivity contribution >= 4 is 11.9 Å². The normalized spacial score (nSPS) is 18.4. The average Bonchev–Trinajstić information content (AvgIpc) is 0.969. The molecule has 0 saturated carbocycles. The molecule has 8 unspecified atom stereocenters. The van der Waals surface area contributed by atoms with Gasteiger partial charge in [0.05, 0.1) is 25.4 Å². The predicted molar refractivity (Wildman–Crippen MR) is 384 cm³/mol. The third-order valence-corrected chi connectivity index (χ3v) is 18.1. The number of esters is 1. The molecule has 8 atom stereocenters. The molecule has 1 fully saturated rings. The minimum Gasteiger partial charge on any atom is -0.454 e. The van der Waals surface area contributed by atoms with E-state index in [0.29, 0.717) is 19.3 Å². The Hall–Kier alpha value is -2.90. The molecule has 0 spiro atoms. The number of carbonyl (C=O) groups is 2. The van der Waals surface area contributed by atoms with Crippen molar-refractivity contribution < 1.29 is 49.3 Å². The highest BCUT2D eigenvalue weighted by Crippen LogP contribution is 2.27. The number of ether oxygens (including phenoxy) is 3. The maximum Gasteiger partial charge on any atom is 0.306 e. The first-order valence-corrected chi connectivity index (χ1v) is 38.7. The highest BCUT2D eigenvalue weighted by molar-refractivity contribution is 5.80. The Labute approximate surface area is 560 Å². The van der Waals surface area contributed by atoms with Crippen LogP contribution in [0.5, 0.6) is 0 Å². The molecule has 0 radical (unpaired) electrons. The Balaban J connectivity index is 2.53. The van der Waals surface area contributed by atoms with Crippen LogP contribution in [0.15, 0.2) is 72.9 Å². The summed E-state index contributed by atoms with van der Waals surface area (Å²) in [4.78, 5) is 26.8. The second-order valence-electron chi connectivity index (χ2n) is 26.7. The molecule has 1 aliphatic heterocycles. The number of aliphatic hydroxyl groups excluding tert-OH is 5. The van der Waals surface area contributed by atoms with Gasteiger partial charge in [0.25, 0.3) is 0 Å². The Morgan fingerprint density at radius 2 is 0.758 bits per heavy atom. The molecule has 1 rings (SSSR count). The fourth-order valence-electron chi connectivity index (χ4n) is 12.0. The number of hydrogen-bond acceptors (Lipinski definition) is 10. The van der Waals surface area contributed by atoms with Crippen LogP contribution in [0.3, 0.4) is 0 Å². The van der Waals surface area contributed by atoms with E-state index in [1.54, 1.807) is 6.08 Å². The van der Waals surface area contributed by atoms with E-state index in [2.05, 4.69) is 86.8 Å². The summed E-state index contributed by atoms with van der Waals surface area (Å²) in [6.45, 7) is 5.79. The molecule has 1 aliphatic rings. The van der Waals surface area contributed by atoms with Crippen molar-refractivity contribution in [3.05, 3.63) is 72.9 Å². The summed E-state index contributed by atoms with van der Waals surface area (Å²) >= 11 is 0. The molecular formula is C80H145NO10. The van der Waals surface area contributed by atoms with Crippen molar-refractivity contribution in [1.29, 1.82) is 0 Å². The minimum absolute atomic E-state index is 0.123. The third-order valence-electron chi connectivity index (χ3n) is 18.1. The van der Waals surface area contributed by atoms with Gasteiger partial charge in [-0.25, -0.2) is 0 Å². The lowest BCUT2D eigenvalue weighted by Crippen LogP contribution is -2.61. The van der Waals surface area contributed by atoms with Gasteiger partial charge in [0.15, 0.2) is 12.4 Å². The first-order chi connectivity index (χ1) is 44.7. The molecule has 91 heavy (non-hydrogen) atoms. The third kappa shape index (κ3) is 54.0. The van der Waals surface area contributed by atoms with Gasteiger partial charge >= 0.3 is 5.97 Å². The lowest BCUT2D eigenvalue weighted by Gasteiger charge is -2.41. The van der Waals surface area contributed by atoms with Crippen molar-refractivity contribution in [3.8, 4) is 0 Å². The second-order valence-corrected chi connectivity index (χ2v) is 26.7. The molecule has 0 aliphatic carbocycles. The Morgan fingerprint density at radius 3 is 1.15 bits per heavy atom. The number of amides is 1. The first kappa shape index (κ1) is 86.1. The number of allylic oxidation sites excluding steroid dienone is 11. The van der Waals surface area contributed by atoms with Crippen LogP contribution in [-0.2, 0) is 23.8 Å². The molecular weight excluding hydrogens is 1130 g/mol. The van der Waals surface area contributed by atoms with E-state index in [9.17, 15) is 35.1 Å². The highest BCUT2D eigenvalue weighted by Gasteiger charge is 2.47. The maximum atomic E-state index is 13.5. The molecule has 1 saturated heterocycles. The molecule has 11 heteroatoms. The van der Waals surface area contributed by atoms with Crippen molar-refractivity contribution in [2.24, 2.45) is 0 Å². The van der Waals surface area contributed by atoms with Crippen LogP contribution in [0, 0.1) is 0 Å². The zero-order chi connectivity index (χ0) is 66.0. The molecule has 6 N–H and O–H groups in total. The number of rotatable bonds is 67. The van der Waals surface area contributed by atoms with E-state index in [-0.39, 0.29) is 13.0 Å². The molecule has 0 aromatic carbocycles. The van der Waals surface area contributed by atoms with E-state index in [1.165, 1.54) is 238 Å². The van der Waals surface area contributed by atoms with Crippen molar-refractivity contribution in [3.63, 3.8) is 0 Å². The fourth-order valence-corrected chi connectivity index (χ4v) is 12.0. The van der Waals surface area contributed by atoms with Gasteiger partial charge in [0.2, 0.25) is 5.91 Å². The summed E-state index contributed by atoms with van der Waals surface area (Å²) in [5.74, 6) is -1.18. The van der Waals surface area contributed by atoms with Crippen LogP contribution in [-0.4, -0.2) is 99.6 Å². The van der Waals surface area contributed by atoms with Gasteiger partial charge in [0, 0.05) is 6.42 Å². The van der Waals surface area contributed by atoms with Gasteiger partial charge in [-0.3, -0.25) is 9.59 Å². The largest absolute Gasteiger partial charge is 0.454 e. The van der Waals surface area contributed by atoms with Gasteiger partial charge in [-0.15, -0.1) is 0 Å². The lowest BCUT2D eigenvalue weighted by atomic mass is 9.99. The molecule has 1 amide bonds. The van der Waals surface area contributed by atoms with Gasteiger partial charge in [0.1, 0.15) is 24.4 Å². The molecule has 0 aromatic heterocycles. The lowest BCUT2D eigenvalue weighted by molar-refractivity contribution is -0.305. The molecule has 0 aromatic rings. The summed E-state index contributed by atoms with van der Waals surface area (Å²) in [5, 5.41) is 57.4. The van der Waals surface area contributed by atoms with E-state index in [4.69, 9.17) is 14.2 Å². The zero-order valence-corrected chi connectivity index (χ0v) is 59.2. The molecule has 11 nitrogen and oxygen atoms in total. The maximum absolute atomic E-state index is 13.5. The fraction of sp³-hybridized carbons (Fsp3) is 0.825. The predicted octanol–water partition coefficient (Wildman–Crippen LogP) is 20.6. The summed E-state index contributed by atoms with van der Waals surface area (Å²) in [7, 11) is 0. The number of nitrogens with one attached hydrogen (secondary N) is 1. The summed E-state index contributed by atoms with van der Waals surface area (Å²) < 4.78 is 17.7. The van der Waals surface area contributed by atoms with Crippen LogP contribution >= 0.6 is 0 Å². The monoisotopic (exact) mass is 1280 g/mol. The Morgan fingerprint density at radius 1 is 0.429 bits per heavy atom. The van der Waals surface area contributed by atoms with Crippen LogP contribution in [0.4, 0.5) is 0 Å². The molecule has 1 heterocycles. The Bertz CT molecular complexity index is 1760. The number of carbonyl (C=O) groups excluding carboxylic acids is 2. The summed E-state index contributed by atoms with van der Waals surface area (Å²) in [6, 6.07) is -1.03. The highest BCUT2D eigenvalue weighted by atomic mass is 16.7.